The predicted octanol–water partition coefficient (Wildman–Crippen LogP) is 1.07. The molecule has 0 aliphatic heterocycles. The fourth-order valence-electron chi connectivity index (χ4n) is 3.89. The van der Waals surface area contributed by atoms with Crippen LogP contribution in [0.1, 0.15) is 45.1 Å². The second-order valence-corrected chi connectivity index (χ2v) is 10.3. The zero-order valence-electron chi connectivity index (χ0n) is 21.7. The van der Waals surface area contributed by atoms with E-state index < -0.39 is 40.4 Å². The lowest BCUT2D eigenvalue weighted by molar-refractivity contribution is -0.144. The van der Waals surface area contributed by atoms with Crippen molar-refractivity contribution in [2.75, 3.05) is 6.54 Å². The highest BCUT2D eigenvalue weighted by molar-refractivity contribution is 7.87. The standard InChI is InChI=1S/C25H36BN5O6S/c1-3-25(4-2,22(32)30-18-19-12-7-5-8-13-19)23(33)31-21(16-11-17-29-24(27)28)26(34)37-38(35,36)20-14-9-6-10-15-20/h5-10,12-15,21,34H,3-4,11,16-18H2,1-2H3,(H,30,32)(H,31,33)(H4,27,28,29). The highest BCUT2D eigenvalue weighted by Gasteiger charge is 2.45. The molecule has 0 fully saturated rings. The Labute approximate surface area is 224 Å². The summed E-state index contributed by atoms with van der Waals surface area (Å²) < 4.78 is 30.4. The number of hydrogen-bond acceptors (Lipinski definition) is 7. The molecule has 0 aliphatic rings. The van der Waals surface area contributed by atoms with E-state index in [1.165, 1.54) is 24.3 Å². The molecule has 0 bridgehead atoms. The van der Waals surface area contributed by atoms with Crippen LogP contribution in [0.3, 0.4) is 0 Å². The van der Waals surface area contributed by atoms with Gasteiger partial charge in [-0.1, -0.05) is 62.4 Å². The van der Waals surface area contributed by atoms with E-state index in [9.17, 15) is 23.0 Å². The fourth-order valence-corrected chi connectivity index (χ4v) is 4.89. The van der Waals surface area contributed by atoms with E-state index in [2.05, 4.69) is 15.6 Å². The van der Waals surface area contributed by atoms with Crippen LogP contribution in [-0.2, 0) is 30.4 Å². The SMILES string of the molecule is CCC(CC)(C(=O)NCc1ccccc1)C(=O)NC(CCCN=C(N)N)B(O)OS(=O)(=O)c1ccccc1. The van der Waals surface area contributed by atoms with Crippen LogP contribution in [0.25, 0.3) is 0 Å². The number of carbonyl (C=O) groups is 2. The normalized spacial score (nSPS) is 12.3. The first-order valence-electron chi connectivity index (χ1n) is 12.4. The van der Waals surface area contributed by atoms with Gasteiger partial charge in [-0.05, 0) is 43.4 Å². The van der Waals surface area contributed by atoms with Gasteiger partial charge in [0, 0.05) is 13.1 Å². The zero-order chi connectivity index (χ0) is 28.2. The van der Waals surface area contributed by atoms with Crippen molar-refractivity contribution in [1.82, 2.24) is 10.6 Å². The minimum absolute atomic E-state index is 0.0726. The van der Waals surface area contributed by atoms with Crippen LogP contribution in [0.4, 0.5) is 0 Å². The van der Waals surface area contributed by atoms with Gasteiger partial charge in [-0.2, -0.15) is 8.42 Å². The topological polar surface area (TPSA) is 186 Å². The summed E-state index contributed by atoms with van der Waals surface area (Å²) in [5, 5.41) is 16.2. The van der Waals surface area contributed by atoms with Gasteiger partial charge in [-0.3, -0.25) is 18.7 Å². The molecule has 2 rings (SSSR count). The third-order valence-electron chi connectivity index (χ3n) is 6.26. The van der Waals surface area contributed by atoms with E-state index in [0.717, 1.165) is 5.56 Å². The van der Waals surface area contributed by atoms with Gasteiger partial charge in [0.15, 0.2) is 5.96 Å². The quantitative estimate of drug-likeness (QED) is 0.0723. The molecule has 11 nitrogen and oxygen atoms in total. The number of hydrogen-bond donors (Lipinski definition) is 5. The molecule has 206 valence electrons. The molecular formula is C25H36BN5O6S. The maximum atomic E-state index is 13.5. The summed E-state index contributed by atoms with van der Waals surface area (Å²) in [6.07, 6.45) is 0.717. The summed E-state index contributed by atoms with van der Waals surface area (Å²) in [7, 11) is -6.26. The molecule has 0 spiro atoms. The molecule has 0 aromatic heterocycles. The fraction of sp³-hybridized carbons (Fsp3) is 0.400. The van der Waals surface area contributed by atoms with Crippen molar-refractivity contribution in [3.63, 3.8) is 0 Å². The Hall–Kier alpha value is -3.42. The molecule has 0 heterocycles. The summed E-state index contributed by atoms with van der Waals surface area (Å²) >= 11 is 0. The van der Waals surface area contributed by atoms with E-state index in [-0.39, 0.29) is 43.2 Å². The predicted molar refractivity (Wildman–Crippen MR) is 146 cm³/mol. The number of guanidine groups is 1. The molecule has 1 unspecified atom stereocenters. The average Bonchev–Trinajstić information content (AvgIpc) is 2.90. The van der Waals surface area contributed by atoms with E-state index in [1.54, 1.807) is 19.9 Å². The van der Waals surface area contributed by atoms with Crippen molar-refractivity contribution in [3.8, 4) is 0 Å². The maximum absolute atomic E-state index is 13.5. The Bertz CT molecular complexity index is 1170. The van der Waals surface area contributed by atoms with Crippen LogP contribution in [0.2, 0.25) is 0 Å². The molecule has 2 aromatic rings. The number of aliphatic imine (C=N–C) groups is 1. The van der Waals surface area contributed by atoms with Gasteiger partial charge in [0.1, 0.15) is 5.41 Å². The monoisotopic (exact) mass is 545 g/mol. The molecule has 0 saturated carbocycles. The second-order valence-electron chi connectivity index (χ2n) is 8.74. The molecule has 2 amide bonds. The van der Waals surface area contributed by atoms with Crippen molar-refractivity contribution in [2.24, 2.45) is 21.9 Å². The van der Waals surface area contributed by atoms with Gasteiger partial charge in [0.05, 0.1) is 10.8 Å². The summed E-state index contributed by atoms with van der Waals surface area (Å²) in [6, 6.07) is 16.6. The number of amides is 2. The van der Waals surface area contributed by atoms with Crippen molar-refractivity contribution in [2.45, 2.75) is 56.9 Å². The molecule has 38 heavy (non-hydrogen) atoms. The maximum Gasteiger partial charge on any atom is 0.494 e. The number of benzene rings is 2. The van der Waals surface area contributed by atoms with Gasteiger partial charge in [0.25, 0.3) is 10.1 Å². The largest absolute Gasteiger partial charge is 0.494 e. The van der Waals surface area contributed by atoms with E-state index in [0.29, 0.717) is 6.42 Å². The van der Waals surface area contributed by atoms with E-state index in [4.69, 9.17) is 15.6 Å². The average molecular weight is 545 g/mol. The first-order valence-corrected chi connectivity index (χ1v) is 13.8. The van der Waals surface area contributed by atoms with Crippen LogP contribution < -0.4 is 22.1 Å². The molecule has 0 saturated heterocycles. The van der Waals surface area contributed by atoms with Crippen LogP contribution in [0, 0.1) is 5.41 Å². The van der Waals surface area contributed by atoms with Gasteiger partial charge >= 0.3 is 7.12 Å². The summed E-state index contributed by atoms with van der Waals surface area (Å²) in [5.74, 6) is -2.43. The zero-order valence-corrected chi connectivity index (χ0v) is 22.5. The first kappa shape index (κ1) is 30.8. The number of nitrogens with two attached hydrogens (primary N) is 2. The third-order valence-corrected chi connectivity index (χ3v) is 7.56. The second kappa shape index (κ2) is 14.5. The van der Waals surface area contributed by atoms with Crippen LogP contribution >= 0.6 is 0 Å². The Kier molecular flexibility index (Phi) is 11.8. The first-order chi connectivity index (χ1) is 18.1. The van der Waals surface area contributed by atoms with Crippen molar-refractivity contribution >= 4 is 35.0 Å². The number of nitrogens with zero attached hydrogens (tertiary/aromatic N) is 1. The summed E-state index contributed by atoms with van der Waals surface area (Å²) in [5.41, 5.74) is 10.1. The highest BCUT2D eigenvalue weighted by atomic mass is 32.2. The van der Waals surface area contributed by atoms with Gasteiger partial charge in [-0.25, -0.2) is 0 Å². The molecule has 1 atom stereocenters. The molecule has 2 aromatic carbocycles. The van der Waals surface area contributed by atoms with E-state index in [1.807, 2.05) is 30.3 Å². The van der Waals surface area contributed by atoms with Crippen LogP contribution in [-0.4, -0.2) is 50.8 Å². The third kappa shape index (κ3) is 8.57. The molecule has 13 heteroatoms. The number of rotatable bonds is 15. The Morgan fingerprint density at radius 1 is 1.03 bits per heavy atom. The van der Waals surface area contributed by atoms with E-state index >= 15 is 0 Å². The lowest BCUT2D eigenvalue weighted by Crippen LogP contribution is -2.57. The summed E-state index contributed by atoms with van der Waals surface area (Å²) in [4.78, 5) is 30.5. The smallest absolute Gasteiger partial charge is 0.425 e. The molecular weight excluding hydrogens is 509 g/mol. The lowest BCUT2D eigenvalue weighted by Gasteiger charge is -2.31. The summed E-state index contributed by atoms with van der Waals surface area (Å²) in [6.45, 7) is 3.84. The van der Waals surface area contributed by atoms with Gasteiger partial charge in [-0.15, -0.1) is 0 Å². The number of carbonyl (C=O) groups excluding carboxylic acids is 2. The van der Waals surface area contributed by atoms with Crippen molar-refractivity contribution in [1.29, 1.82) is 0 Å². The lowest BCUT2D eigenvalue weighted by atomic mass is 9.74. The van der Waals surface area contributed by atoms with Crippen molar-refractivity contribution in [3.05, 3.63) is 66.2 Å². The Morgan fingerprint density at radius 3 is 2.16 bits per heavy atom. The Morgan fingerprint density at radius 2 is 1.61 bits per heavy atom. The molecule has 7 N–H and O–H groups in total. The van der Waals surface area contributed by atoms with Crippen molar-refractivity contribution < 1.29 is 27.1 Å². The highest BCUT2D eigenvalue weighted by Crippen LogP contribution is 2.28. The van der Waals surface area contributed by atoms with Crippen LogP contribution in [0.15, 0.2) is 70.6 Å². The minimum atomic E-state index is -4.33. The molecule has 0 aliphatic carbocycles. The van der Waals surface area contributed by atoms with Gasteiger partial charge in [0.2, 0.25) is 11.8 Å². The molecule has 0 radical (unpaired) electrons. The van der Waals surface area contributed by atoms with Gasteiger partial charge < -0.3 is 27.1 Å². The number of nitrogens with one attached hydrogen (secondary N) is 2. The Balaban J connectivity index is 2.22. The minimum Gasteiger partial charge on any atom is -0.425 e. The van der Waals surface area contributed by atoms with Crippen LogP contribution in [0.5, 0.6) is 0 Å².